The van der Waals surface area contributed by atoms with Crippen molar-refractivity contribution in [1.82, 2.24) is 4.98 Å². The van der Waals surface area contributed by atoms with Crippen LogP contribution in [0.25, 0.3) is 0 Å². The molecule has 2 aromatic rings. The smallest absolute Gasteiger partial charge is 0.123 e. The summed E-state index contributed by atoms with van der Waals surface area (Å²) >= 11 is 0. The molecule has 0 unspecified atom stereocenters. The fraction of sp³-hybridized carbons (Fsp3) is 0.312. The number of hydrogen-bond acceptors (Lipinski definition) is 2. The molecular formula is C16H18ClFN2. The van der Waals surface area contributed by atoms with E-state index in [9.17, 15) is 4.39 Å². The summed E-state index contributed by atoms with van der Waals surface area (Å²) in [6.07, 6.45) is 2.70. The predicted octanol–water partition coefficient (Wildman–Crippen LogP) is 3.94. The van der Waals surface area contributed by atoms with Crippen molar-refractivity contribution in [2.75, 3.05) is 11.9 Å². The molecule has 1 aromatic carbocycles. The van der Waals surface area contributed by atoms with E-state index in [4.69, 9.17) is 0 Å². The topological polar surface area (TPSA) is 24.9 Å². The van der Waals surface area contributed by atoms with Crippen LogP contribution in [0.4, 0.5) is 10.1 Å². The van der Waals surface area contributed by atoms with E-state index in [1.54, 1.807) is 0 Å². The zero-order valence-electron chi connectivity index (χ0n) is 11.6. The summed E-state index contributed by atoms with van der Waals surface area (Å²) in [5, 5.41) is 3.43. The van der Waals surface area contributed by atoms with Crippen molar-refractivity contribution in [3.8, 4) is 0 Å². The highest BCUT2D eigenvalue weighted by molar-refractivity contribution is 5.85. The second kappa shape index (κ2) is 5.41. The molecule has 20 heavy (non-hydrogen) atoms. The van der Waals surface area contributed by atoms with Crippen LogP contribution in [0.3, 0.4) is 0 Å². The summed E-state index contributed by atoms with van der Waals surface area (Å²) in [7, 11) is 0. The molecule has 0 atom stereocenters. The van der Waals surface area contributed by atoms with E-state index < -0.39 is 0 Å². The Bertz CT molecular complexity index is 608. The third kappa shape index (κ3) is 2.78. The molecule has 106 valence electrons. The SMILES string of the molecule is CC1(C)CNc2cc(Cc3ccc(F)cc3)ncc21.Cl. The number of nitrogens with zero attached hydrogens (tertiary/aromatic N) is 1. The second-order valence-corrected chi connectivity index (χ2v) is 5.76. The number of halogens is 2. The van der Waals surface area contributed by atoms with Crippen LogP contribution in [-0.2, 0) is 11.8 Å². The Morgan fingerprint density at radius 1 is 1.25 bits per heavy atom. The lowest BCUT2D eigenvalue weighted by atomic mass is 9.88. The van der Waals surface area contributed by atoms with E-state index in [0.717, 1.165) is 24.2 Å². The molecule has 1 aliphatic rings. The van der Waals surface area contributed by atoms with Gasteiger partial charge in [-0.3, -0.25) is 4.98 Å². The largest absolute Gasteiger partial charge is 0.384 e. The minimum atomic E-state index is -0.200. The summed E-state index contributed by atoms with van der Waals surface area (Å²) in [6.45, 7) is 5.38. The number of rotatable bonds is 2. The third-order valence-electron chi connectivity index (χ3n) is 3.71. The molecule has 0 saturated carbocycles. The molecule has 2 nitrogen and oxygen atoms in total. The summed E-state index contributed by atoms with van der Waals surface area (Å²) in [6, 6.07) is 8.70. The van der Waals surface area contributed by atoms with Crippen molar-refractivity contribution in [3.05, 3.63) is 59.2 Å². The zero-order valence-corrected chi connectivity index (χ0v) is 12.4. The highest BCUT2D eigenvalue weighted by Gasteiger charge is 2.29. The normalized spacial score (nSPS) is 15.2. The van der Waals surface area contributed by atoms with Gasteiger partial charge in [0.2, 0.25) is 0 Å². The van der Waals surface area contributed by atoms with Crippen molar-refractivity contribution in [2.45, 2.75) is 25.7 Å². The molecule has 0 radical (unpaired) electrons. The van der Waals surface area contributed by atoms with Gasteiger partial charge in [-0.25, -0.2) is 4.39 Å². The molecule has 0 bridgehead atoms. The third-order valence-corrected chi connectivity index (χ3v) is 3.71. The monoisotopic (exact) mass is 292 g/mol. The quantitative estimate of drug-likeness (QED) is 0.907. The molecule has 1 aromatic heterocycles. The van der Waals surface area contributed by atoms with Crippen LogP contribution in [0.2, 0.25) is 0 Å². The predicted molar refractivity (Wildman–Crippen MR) is 82.2 cm³/mol. The molecule has 1 aliphatic heterocycles. The highest BCUT2D eigenvalue weighted by Crippen LogP contribution is 2.35. The minimum absolute atomic E-state index is 0. The van der Waals surface area contributed by atoms with E-state index >= 15 is 0 Å². The van der Waals surface area contributed by atoms with Gasteiger partial charge in [0.1, 0.15) is 5.82 Å². The second-order valence-electron chi connectivity index (χ2n) is 5.76. The van der Waals surface area contributed by atoms with E-state index in [0.29, 0.717) is 0 Å². The molecule has 1 N–H and O–H groups in total. The number of fused-ring (bicyclic) bond motifs is 1. The van der Waals surface area contributed by atoms with Crippen LogP contribution < -0.4 is 5.32 Å². The highest BCUT2D eigenvalue weighted by atomic mass is 35.5. The van der Waals surface area contributed by atoms with E-state index in [2.05, 4.69) is 30.2 Å². The lowest BCUT2D eigenvalue weighted by Crippen LogP contribution is -2.19. The molecule has 4 heteroatoms. The van der Waals surface area contributed by atoms with E-state index in [1.165, 1.54) is 23.4 Å². The van der Waals surface area contributed by atoms with Crippen molar-refractivity contribution < 1.29 is 4.39 Å². The Morgan fingerprint density at radius 3 is 2.65 bits per heavy atom. The molecule has 0 saturated heterocycles. The maximum absolute atomic E-state index is 12.9. The summed E-state index contributed by atoms with van der Waals surface area (Å²) in [4.78, 5) is 4.53. The Labute approximate surface area is 124 Å². The first-order valence-electron chi connectivity index (χ1n) is 6.52. The average Bonchev–Trinajstić information content (AvgIpc) is 2.68. The zero-order chi connectivity index (χ0) is 13.5. The Balaban J connectivity index is 0.00000147. The number of benzene rings is 1. The number of nitrogens with one attached hydrogen (secondary N) is 1. The molecule has 2 heterocycles. The summed E-state index contributed by atoms with van der Waals surface area (Å²) in [5.74, 6) is -0.200. The summed E-state index contributed by atoms with van der Waals surface area (Å²) < 4.78 is 12.9. The molecule has 0 spiro atoms. The van der Waals surface area contributed by atoms with Gasteiger partial charge in [0, 0.05) is 41.5 Å². The maximum atomic E-state index is 12.9. The first-order chi connectivity index (χ1) is 9.04. The summed E-state index contributed by atoms with van der Waals surface area (Å²) in [5.41, 5.74) is 4.69. The molecule has 0 fully saturated rings. The first-order valence-corrected chi connectivity index (χ1v) is 6.52. The van der Waals surface area contributed by atoms with Gasteiger partial charge in [-0.2, -0.15) is 0 Å². The Morgan fingerprint density at radius 2 is 1.95 bits per heavy atom. The van der Waals surface area contributed by atoms with Crippen molar-refractivity contribution >= 4 is 18.1 Å². The van der Waals surface area contributed by atoms with E-state index in [1.807, 2.05) is 18.3 Å². The van der Waals surface area contributed by atoms with Gasteiger partial charge in [0.05, 0.1) is 0 Å². The van der Waals surface area contributed by atoms with Gasteiger partial charge >= 0.3 is 0 Å². The number of anilines is 1. The fourth-order valence-corrected chi connectivity index (χ4v) is 2.50. The molecule has 3 rings (SSSR count). The number of pyridine rings is 1. The number of hydrogen-bond donors (Lipinski definition) is 1. The molecular weight excluding hydrogens is 275 g/mol. The standard InChI is InChI=1S/C16H17FN2.ClH/c1-16(2)10-19-15-8-13(18-9-14(15)16)7-11-3-5-12(17)6-4-11;/h3-6,8-9,19H,7,10H2,1-2H3;1H. The fourth-order valence-electron chi connectivity index (χ4n) is 2.50. The van der Waals surface area contributed by atoms with Crippen LogP contribution >= 0.6 is 12.4 Å². The van der Waals surface area contributed by atoms with Gasteiger partial charge in [-0.15, -0.1) is 12.4 Å². The van der Waals surface area contributed by atoms with Gasteiger partial charge in [0.25, 0.3) is 0 Å². The van der Waals surface area contributed by atoms with Gasteiger partial charge in [-0.1, -0.05) is 26.0 Å². The number of aromatic nitrogens is 1. The van der Waals surface area contributed by atoms with Gasteiger partial charge in [-0.05, 0) is 23.8 Å². The van der Waals surface area contributed by atoms with Crippen molar-refractivity contribution in [3.63, 3.8) is 0 Å². The van der Waals surface area contributed by atoms with Crippen LogP contribution in [0.15, 0.2) is 36.5 Å². The van der Waals surface area contributed by atoms with Crippen LogP contribution in [-0.4, -0.2) is 11.5 Å². The van der Waals surface area contributed by atoms with Gasteiger partial charge in [0.15, 0.2) is 0 Å². The molecule has 0 amide bonds. The maximum Gasteiger partial charge on any atom is 0.123 e. The first kappa shape index (κ1) is 14.8. The van der Waals surface area contributed by atoms with Crippen molar-refractivity contribution in [1.29, 1.82) is 0 Å². The Kier molecular flexibility index (Phi) is 4.00. The van der Waals surface area contributed by atoms with Crippen LogP contribution in [0.1, 0.15) is 30.7 Å². The van der Waals surface area contributed by atoms with Gasteiger partial charge < -0.3 is 5.32 Å². The van der Waals surface area contributed by atoms with Crippen molar-refractivity contribution in [2.24, 2.45) is 0 Å². The minimum Gasteiger partial charge on any atom is -0.384 e. The molecule has 0 aliphatic carbocycles. The average molecular weight is 293 g/mol. The van der Waals surface area contributed by atoms with E-state index in [-0.39, 0.29) is 23.6 Å². The van der Waals surface area contributed by atoms with Crippen LogP contribution in [0, 0.1) is 5.82 Å². The Hall–Kier alpha value is -1.61. The van der Waals surface area contributed by atoms with Crippen LogP contribution in [0.5, 0.6) is 0 Å². The lowest BCUT2D eigenvalue weighted by molar-refractivity contribution is 0.584. The lowest BCUT2D eigenvalue weighted by Gasteiger charge is -2.16.